The first-order valence-electron chi connectivity index (χ1n) is 32.2. The number of unbranched alkanes of at least 4 members (excludes halogenated alkanes) is 41. The number of hydrogen-bond acceptors (Lipinski definition) is 5. The molecule has 0 saturated heterocycles. The molecular formula is C66H125NO5. The third-order valence-corrected chi connectivity index (χ3v) is 15.0. The molecule has 6 heteroatoms. The fourth-order valence-corrected chi connectivity index (χ4v) is 10.1. The molecule has 0 aliphatic rings. The lowest BCUT2D eigenvalue weighted by molar-refractivity contribution is -0.151. The minimum atomic E-state index is -0.789. The summed E-state index contributed by atoms with van der Waals surface area (Å²) < 4.78 is 5.99. The van der Waals surface area contributed by atoms with Gasteiger partial charge in [-0.25, -0.2) is 0 Å². The van der Waals surface area contributed by atoms with Gasteiger partial charge in [-0.3, -0.25) is 9.59 Å². The molecule has 424 valence electrons. The zero-order chi connectivity index (χ0) is 52.3. The molecule has 3 unspecified atom stereocenters. The molecule has 0 aliphatic heterocycles. The van der Waals surface area contributed by atoms with E-state index in [-0.39, 0.29) is 24.9 Å². The number of amides is 1. The highest BCUT2D eigenvalue weighted by atomic mass is 16.5. The van der Waals surface area contributed by atoms with Gasteiger partial charge in [-0.05, 0) is 64.2 Å². The lowest BCUT2D eigenvalue weighted by Gasteiger charge is -2.24. The van der Waals surface area contributed by atoms with E-state index in [0.29, 0.717) is 19.3 Å². The Labute approximate surface area is 449 Å². The predicted octanol–water partition coefficient (Wildman–Crippen LogP) is 20.4. The van der Waals surface area contributed by atoms with Crippen LogP contribution in [0.25, 0.3) is 0 Å². The molecule has 0 heterocycles. The van der Waals surface area contributed by atoms with Gasteiger partial charge in [-0.2, -0.15) is 0 Å². The Morgan fingerprint density at radius 3 is 1.10 bits per heavy atom. The topological polar surface area (TPSA) is 95.9 Å². The van der Waals surface area contributed by atoms with E-state index in [9.17, 15) is 19.8 Å². The SMILES string of the molecule is CCCCC/C=C\C/C=C\C/C=C\CCCCCCCCC(=O)OC(CCCCCCCCCCCCCCCCCCC)CC(=O)NC(CO)C(O)CCCCCCCCCCCCCCCCCCC. The summed E-state index contributed by atoms with van der Waals surface area (Å²) in [5.74, 6) is -0.466. The van der Waals surface area contributed by atoms with Gasteiger partial charge >= 0.3 is 5.97 Å². The number of allylic oxidation sites excluding steroid dienone is 6. The molecule has 0 bridgehead atoms. The van der Waals surface area contributed by atoms with Crippen molar-refractivity contribution >= 4 is 11.9 Å². The summed E-state index contributed by atoms with van der Waals surface area (Å²) >= 11 is 0. The van der Waals surface area contributed by atoms with Gasteiger partial charge in [0, 0.05) is 6.42 Å². The minimum absolute atomic E-state index is 0.0776. The summed E-state index contributed by atoms with van der Waals surface area (Å²) in [6.45, 7) is 6.51. The van der Waals surface area contributed by atoms with Crippen molar-refractivity contribution in [3.63, 3.8) is 0 Å². The fourth-order valence-electron chi connectivity index (χ4n) is 10.1. The molecule has 0 aromatic rings. The van der Waals surface area contributed by atoms with Crippen molar-refractivity contribution in [2.75, 3.05) is 6.61 Å². The van der Waals surface area contributed by atoms with Gasteiger partial charge in [0.1, 0.15) is 6.10 Å². The Morgan fingerprint density at radius 2 is 0.708 bits per heavy atom. The molecule has 3 N–H and O–H groups in total. The number of nitrogens with one attached hydrogen (secondary N) is 1. The van der Waals surface area contributed by atoms with Crippen LogP contribution in [0.2, 0.25) is 0 Å². The first-order chi connectivity index (χ1) is 35.5. The van der Waals surface area contributed by atoms with E-state index in [1.807, 2.05) is 0 Å². The second-order valence-electron chi connectivity index (χ2n) is 22.2. The average molecular weight is 1010 g/mol. The summed E-state index contributed by atoms with van der Waals surface area (Å²) in [5, 5.41) is 24.0. The standard InChI is InChI=1S/C66H125NO5/c1-4-7-10-13-16-19-22-25-28-31-32-35-38-41-44-47-50-53-56-59-66(71)72-62(57-54-51-48-45-42-39-36-33-29-26-23-20-17-14-11-8-5-2)60-65(70)67-63(61-68)64(69)58-55-52-49-46-43-40-37-34-30-27-24-21-18-15-12-9-6-3/h16,19,25,28,32,35,62-64,68-69H,4-15,17-18,20-24,26-27,29-31,33-34,36-61H2,1-3H3,(H,67,70)/b19-16-,28-25-,35-32-. The molecule has 0 rings (SSSR count). The van der Waals surface area contributed by atoms with E-state index in [4.69, 9.17) is 4.74 Å². The molecule has 3 atom stereocenters. The zero-order valence-electron chi connectivity index (χ0n) is 48.6. The molecular weight excluding hydrogens is 887 g/mol. The number of aliphatic hydroxyl groups excluding tert-OH is 2. The van der Waals surface area contributed by atoms with E-state index in [2.05, 4.69) is 62.5 Å². The van der Waals surface area contributed by atoms with Gasteiger partial charge in [0.25, 0.3) is 0 Å². The zero-order valence-corrected chi connectivity index (χ0v) is 48.6. The van der Waals surface area contributed by atoms with Gasteiger partial charge in [-0.15, -0.1) is 0 Å². The number of carbonyl (C=O) groups excluding carboxylic acids is 2. The second kappa shape index (κ2) is 60.0. The van der Waals surface area contributed by atoms with Crippen LogP contribution < -0.4 is 5.32 Å². The van der Waals surface area contributed by atoms with Gasteiger partial charge in [0.2, 0.25) is 5.91 Å². The van der Waals surface area contributed by atoms with Crippen molar-refractivity contribution in [1.82, 2.24) is 5.32 Å². The van der Waals surface area contributed by atoms with Crippen LogP contribution in [0.1, 0.15) is 348 Å². The van der Waals surface area contributed by atoms with Crippen LogP contribution >= 0.6 is 0 Å². The van der Waals surface area contributed by atoms with Crippen molar-refractivity contribution in [2.24, 2.45) is 0 Å². The predicted molar refractivity (Wildman–Crippen MR) is 315 cm³/mol. The number of aliphatic hydroxyl groups is 2. The summed E-state index contributed by atoms with van der Waals surface area (Å²) in [7, 11) is 0. The Hall–Kier alpha value is -1.92. The summed E-state index contributed by atoms with van der Waals surface area (Å²) in [5.41, 5.74) is 0. The maximum absolute atomic E-state index is 13.3. The molecule has 0 fully saturated rings. The third kappa shape index (κ3) is 54.3. The van der Waals surface area contributed by atoms with Crippen molar-refractivity contribution in [3.8, 4) is 0 Å². The van der Waals surface area contributed by atoms with Crippen LogP contribution in [-0.2, 0) is 14.3 Å². The number of esters is 1. The van der Waals surface area contributed by atoms with Crippen molar-refractivity contribution in [1.29, 1.82) is 0 Å². The normalized spacial score (nSPS) is 13.2. The van der Waals surface area contributed by atoms with E-state index in [1.165, 1.54) is 238 Å². The first kappa shape index (κ1) is 70.1. The lowest BCUT2D eigenvalue weighted by Crippen LogP contribution is -2.46. The van der Waals surface area contributed by atoms with E-state index >= 15 is 0 Å². The van der Waals surface area contributed by atoms with Crippen LogP contribution in [0.4, 0.5) is 0 Å². The van der Waals surface area contributed by atoms with Gasteiger partial charge in [0.05, 0.1) is 25.2 Å². The highest BCUT2D eigenvalue weighted by Crippen LogP contribution is 2.19. The Morgan fingerprint density at radius 1 is 0.403 bits per heavy atom. The van der Waals surface area contributed by atoms with Gasteiger partial charge in [-0.1, -0.05) is 308 Å². The van der Waals surface area contributed by atoms with Gasteiger partial charge in [0.15, 0.2) is 0 Å². The lowest BCUT2D eigenvalue weighted by atomic mass is 10.0. The van der Waals surface area contributed by atoms with E-state index in [1.54, 1.807) is 0 Å². The van der Waals surface area contributed by atoms with Crippen molar-refractivity contribution in [2.45, 2.75) is 366 Å². The van der Waals surface area contributed by atoms with E-state index in [0.717, 1.165) is 64.2 Å². The smallest absolute Gasteiger partial charge is 0.306 e. The second-order valence-corrected chi connectivity index (χ2v) is 22.2. The first-order valence-corrected chi connectivity index (χ1v) is 32.2. The molecule has 0 aliphatic carbocycles. The maximum atomic E-state index is 13.3. The number of rotatable bonds is 59. The minimum Gasteiger partial charge on any atom is -0.462 e. The maximum Gasteiger partial charge on any atom is 0.306 e. The van der Waals surface area contributed by atoms with Crippen LogP contribution in [-0.4, -0.2) is 46.9 Å². The molecule has 0 saturated carbocycles. The summed E-state index contributed by atoms with van der Waals surface area (Å²) in [6, 6.07) is -0.703. The molecule has 0 radical (unpaired) electrons. The van der Waals surface area contributed by atoms with Crippen molar-refractivity contribution < 1.29 is 24.5 Å². The molecule has 0 aromatic heterocycles. The van der Waals surface area contributed by atoms with Crippen LogP contribution in [0, 0.1) is 0 Å². The number of hydrogen-bond donors (Lipinski definition) is 3. The Kier molecular flexibility index (Phi) is 58.4. The molecule has 6 nitrogen and oxygen atoms in total. The van der Waals surface area contributed by atoms with Crippen LogP contribution in [0.15, 0.2) is 36.5 Å². The van der Waals surface area contributed by atoms with E-state index < -0.39 is 18.2 Å². The van der Waals surface area contributed by atoms with Crippen LogP contribution in [0.3, 0.4) is 0 Å². The Bertz CT molecular complexity index is 1180. The molecule has 1 amide bonds. The molecule has 0 aromatic carbocycles. The number of carbonyl (C=O) groups is 2. The monoisotopic (exact) mass is 1010 g/mol. The quantitative estimate of drug-likeness (QED) is 0.0320. The summed E-state index contributed by atoms with van der Waals surface area (Å²) in [4.78, 5) is 26.4. The van der Waals surface area contributed by atoms with Gasteiger partial charge < -0.3 is 20.3 Å². The summed E-state index contributed by atoms with van der Waals surface area (Å²) in [6.07, 6.45) is 73.6. The fraction of sp³-hybridized carbons (Fsp3) is 0.879. The Balaban J connectivity index is 4.52. The molecule has 0 spiro atoms. The van der Waals surface area contributed by atoms with Crippen LogP contribution in [0.5, 0.6) is 0 Å². The molecule has 72 heavy (non-hydrogen) atoms. The largest absolute Gasteiger partial charge is 0.462 e. The third-order valence-electron chi connectivity index (χ3n) is 15.0. The van der Waals surface area contributed by atoms with Crippen molar-refractivity contribution in [3.05, 3.63) is 36.5 Å². The number of ether oxygens (including phenoxy) is 1. The highest BCUT2D eigenvalue weighted by molar-refractivity contribution is 5.77. The average Bonchev–Trinajstić information content (AvgIpc) is 3.37. The highest BCUT2D eigenvalue weighted by Gasteiger charge is 2.24.